The molecule has 1 aliphatic rings. The molecule has 0 unspecified atom stereocenters. The van der Waals surface area contributed by atoms with E-state index in [1.807, 2.05) is 0 Å². The van der Waals surface area contributed by atoms with Gasteiger partial charge in [-0.05, 0) is 48.0 Å². The van der Waals surface area contributed by atoms with Crippen LogP contribution in [-0.4, -0.2) is 11.8 Å². The molecule has 1 aliphatic heterocycles. The predicted octanol–water partition coefficient (Wildman–Crippen LogP) is 6.77. The lowest BCUT2D eigenvalue weighted by molar-refractivity contribution is -0.137. The summed E-state index contributed by atoms with van der Waals surface area (Å²) in [5.41, 5.74) is -3.08. The summed E-state index contributed by atoms with van der Waals surface area (Å²) in [6.45, 7) is 0. The van der Waals surface area contributed by atoms with Gasteiger partial charge < -0.3 is 10.6 Å². The third-order valence-electron chi connectivity index (χ3n) is 5.28. The SMILES string of the molecule is O=C(Nc1cc(Br)cc2c1[C@H](c1cc(F)ccc1C(F)F)NC2=O)c1cc(F)cc(C(F)(F)F)c1. The van der Waals surface area contributed by atoms with Crippen LogP contribution in [0.5, 0.6) is 0 Å². The summed E-state index contributed by atoms with van der Waals surface area (Å²) in [5, 5.41) is 4.77. The van der Waals surface area contributed by atoms with Gasteiger partial charge in [-0.25, -0.2) is 17.6 Å². The first kappa shape index (κ1) is 24.7. The van der Waals surface area contributed by atoms with Gasteiger partial charge in [-0.2, -0.15) is 13.2 Å². The molecule has 2 amide bonds. The molecule has 12 heteroatoms. The molecule has 1 atom stereocenters. The van der Waals surface area contributed by atoms with Crippen molar-refractivity contribution in [3.63, 3.8) is 0 Å². The maximum absolute atomic E-state index is 13.9. The van der Waals surface area contributed by atoms with Crippen molar-refractivity contribution in [1.29, 1.82) is 0 Å². The summed E-state index contributed by atoms with van der Waals surface area (Å²) in [5.74, 6) is -4.02. The Labute approximate surface area is 201 Å². The summed E-state index contributed by atoms with van der Waals surface area (Å²) < 4.78 is 94.4. The third-order valence-corrected chi connectivity index (χ3v) is 5.74. The van der Waals surface area contributed by atoms with E-state index in [2.05, 4.69) is 26.6 Å². The standard InChI is InChI=1S/C23H12BrF7N2O2/c24-11-6-16-18(19(33-22(16)35)15-8-12(25)1-2-14(15)20(27)28)17(7-11)32-21(34)9-3-10(23(29,30)31)5-13(26)4-9/h1-8,19-20H,(H,32,34)(H,33,35)/t19-/m0/s1. The van der Waals surface area contributed by atoms with E-state index in [0.717, 1.165) is 18.2 Å². The Morgan fingerprint density at radius 2 is 1.71 bits per heavy atom. The number of carbonyl (C=O) groups excluding carboxylic acids is 2. The fourth-order valence-corrected chi connectivity index (χ4v) is 4.27. The molecule has 0 spiro atoms. The Hall–Kier alpha value is -3.41. The molecule has 0 radical (unpaired) electrons. The van der Waals surface area contributed by atoms with Crippen LogP contribution >= 0.6 is 15.9 Å². The van der Waals surface area contributed by atoms with Gasteiger partial charge >= 0.3 is 6.18 Å². The fraction of sp³-hybridized carbons (Fsp3) is 0.130. The van der Waals surface area contributed by atoms with Crippen LogP contribution in [0.2, 0.25) is 0 Å². The largest absolute Gasteiger partial charge is 0.416 e. The van der Waals surface area contributed by atoms with Crippen LogP contribution in [0.3, 0.4) is 0 Å². The Morgan fingerprint density at radius 1 is 1.00 bits per heavy atom. The number of halogens is 8. The molecule has 182 valence electrons. The van der Waals surface area contributed by atoms with Crippen LogP contribution in [0.25, 0.3) is 0 Å². The molecular weight excluding hydrogens is 549 g/mol. The highest BCUT2D eigenvalue weighted by Crippen LogP contribution is 2.41. The van der Waals surface area contributed by atoms with Crippen molar-refractivity contribution in [3.8, 4) is 0 Å². The first-order valence-corrected chi connectivity index (χ1v) is 10.6. The highest BCUT2D eigenvalue weighted by atomic mass is 79.9. The topological polar surface area (TPSA) is 58.2 Å². The molecule has 0 bridgehead atoms. The molecule has 0 saturated heterocycles. The van der Waals surface area contributed by atoms with Crippen LogP contribution in [0.15, 0.2) is 53.0 Å². The van der Waals surface area contributed by atoms with Gasteiger partial charge in [-0.3, -0.25) is 9.59 Å². The Morgan fingerprint density at radius 3 is 2.37 bits per heavy atom. The normalized spacial score (nSPS) is 15.2. The van der Waals surface area contributed by atoms with E-state index in [4.69, 9.17) is 0 Å². The minimum atomic E-state index is -4.92. The van der Waals surface area contributed by atoms with E-state index in [0.29, 0.717) is 12.1 Å². The predicted molar refractivity (Wildman–Crippen MR) is 114 cm³/mol. The van der Waals surface area contributed by atoms with Crippen molar-refractivity contribution in [2.45, 2.75) is 18.6 Å². The number of rotatable bonds is 4. The Balaban J connectivity index is 1.81. The zero-order chi connectivity index (χ0) is 25.7. The fourth-order valence-electron chi connectivity index (χ4n) is 3.81. The molecule has 1 heterocycles. The van der Waals surface area contributed by atoms with Gasteiger partial charge in [0.2, 0.25) is 0 Å². The molecule has 0 fully saturated rings. The number of alkyl halides is 5. The summed E-state index contributed by atoms with van der Waals surface area (Å²) in [7, 11) is 0. The van der Waals surface area contributed by atoms with Crippen LogP contribution < -0.4 is 10.6 Å². The van der Waals surface area contributed by atoms with Crippen molar-refractivity contribution in [3.05, 3.63) is 98.0 Å². The molecule has 0 aliphatic carbocycles. The molecular formula is C23H12BrF7N2O2. The summed E-state index contributed by atoms with van der Waals surface area (Å²) in [4.78, 5) is 25.3. The lowest BCUT2D eigenvalue weighted by Crippen LogP contribution is -2.22. The number of benzene rings is 3. The minimum absolute atomic E-state index is 0.00787. The smallest absolute Gasteiger partial charge is 0.341 e. The first-order valence-electron chi connectivity index (χ1n) is 9.76. The Bertz CT molecular complexity index is 1360. The first-order chi connectivity index (χ1) is 16.3. The number of amides is 2. The van der Waals surface area contributed by atoms with Crippen molar-refractivity contribution in [1.82, 2.24) is 5.32 Å². The van der Waals surface area contributed by atoms with Crippen molar-refractivity contribution in [2.75, 3.05) is 5.32 Å². The molecule has 35 heavy (non-hydrogen) atoms. The number of fused-ring (bicyclic) bond motifs is 1. The second-order valence-electron chi connectivity index (χ2n) is 7.58. The van der Waals surface area contributed by atoms with Gasteiger partial charge in [0.05, 0.1) is 11.6 Å². The molecule has 4 rings (SSSR count). The average Bonchev–Trinajstić information content (AvgIpc) is 3.08. The highest BCUT2D eigenvalue weighted by Gasteiger charge is 2.36. The number of hydrogen-bond donors (Lipinski definition) is 2. The molecule has 0 saturated carbocycles. The van der Waals surface area contributed by atoms with Crippen LogP contribution in [-0.2, 0) is 6.18 Å². The highest BCUT2D eigenvalue weighted by molar-refractivity contribution is 9.10. The summed E-state index contributed by atoms with van der Waals surface area (Å²) >= 11 is 3.14. The van der Waals surface area contributed by atoms with Crippen molar-refractivity contribution in [2.24, 2.45) is 0 Å². The quantitative estimate of drug-likeness (QED) is 0.346. The second kappa shape index (κ2) is 8.99. The number of anilines is 1. The van der Waals surface area contributed by atoms with E-state index >= 15 is 0 Å². The summed E-state index contributed by atoms with van der Waals surface area (Å²) in [6, 6.07) is 5.08. The van der Waals surface area contributed by atoms with Gasteiger partial charge in [0, 0.05) is 32.4 Å². The molecule has 4 nitrogen and oxygen atoms in total. The second-order valence-corrected chi connectivity index (χ2v) is 8.49. The van der Waals surface area contributed by atoms with Crippen LogP contribution in [0.1, 0.15) is 55.4 Å². The molecule has 0 aromatic heterocycles. The van der Waals surface area contributed by atoms with E-state index in [9.17, 15) is 40.3 Å². The molecule has 2 N–H and O–H groups in total. The van der Waals surface area contributed by atoms with E-state index < -0.39 is 58.8 Å². The van der Waals surface area contributed by atoms with Crippen molar-refractivity contribution >= 4 is 33.4 Å². The molecule has 3 aromatic carbocycles. The monoisotopic (exact) mass is 560 g/mol. The lowest BCUT2D eigenvalue weighted by atomic mass is 9.93. The average molecular weight is 561 g/mol. The maximum Gasteiger partial charge on any atom is 0.416 e. The zero-order valence-electron chi connectivity index (χ0n) is 17.1. The summed E-state index contributed by atoms with van der Waals surface area (Å²) in [6.07, 6.45) is -7.94. The minimum Gasteiger partial charge on any atom is -0.341 e. The van der Waals surface area contributed by atoms with E-state index in [1.165, 1.54) is 12.1 Å². The number of carbonyl (C=O) groups is 2. The van der Waals surface area contributed by atoms with E-state index in [-0.39, 0.29) is 32.9 Å². The number of nitrogens with one attached hydrogen (secondary N) is 2. The lowest BCUT2D eigenvalue weighted by Gasteiger charge is -2.20. The van der Waals surface area contributed by atoms with Gasteiger partial charge in [0.15, 0.2) is 0 Å². The van der Waals surface area contributed by atoms with Crippen LogP contribution in [0.4, 0.5) is 36.4 Å². The maximum atomic E-state index is 13.9. The third kappa shape index (κ3) is 4.88. The van der Waals surface area contributed by atoms with Gasteiger partial charge in [0.1, 0.15) is 11.6 Å². The van der Waals surface area contributed by atoms with Crippen LogP contribution in [0, 0.1) is 11.6 Å². The van der Waals surface area contributed by atoms with E-state index in [1.54, 1.807) is 0 Å². The number of hydrogen-bond acceptors (Lipinski definition) is 2. The van der Waals surface area contributed by atoms with Crippen molar-refractivity contribution < 1.29 is 40.3 Å². The zero-order valence-corrected chi connectivity index (χ0v) is 18.7. The van der Waals surface area contributed by atoms with Gasteiger partial charge in [-0.15, -0.1) is 0 Å². The van der Waals surface area contributed by atoms with Gasteiger partial charge in [0.25, 0.3) is 18.2 Å². The molecule has 3 aromatic rings. The van der Waals surface area contributed by atoms with Gasteiger partial charge in [-0.1, -0.05) is 22.0 Å². The Kier molecular flexibility index (Phi) is 6.34.